The van der Waals surface area contributed by atoms with Crippen molar-refractivity contribution in [1.82, 2.24) is 5.43 Å². The minimum atomic E-state index is -0.433. The van der Waals surface area contributed by atoms with Crippen LogP contribution in [0.3, 0.4) is 0 Å². The Morgan fingerprint density at radius 2 is 1.78 bits per heavy atom. The van der Waals surface area contributed by atoms with Crippen molar-refractivity contribution >= 4 is 0 Å². The van der Waals surface area contributed by atoms with Gasteiger partial charge in [-0.15, -0.1) is 0 Å². The normalized spacial score (nSPS) is 12.7. The number of hydrogen-bond donors (Lipinski definition) is 2. The van der Waals surface area contributed by atoms with Gasteiger partial charge in [-0.1, -0.05) is 19.1 Å². The molecule has 5 nitrogen and oxygen atoms in total. The molecule has 0 fully saturated rings. The standard InChI is InChI=1S/C13H22N2O3/c1-4-9-18-11-7-5-10(6-8-11)12(15-14)13(16-2)17-3/h5-8,12-13,15H,4,9,14H2,1-3H3. The number of methoxy groups -OCH3 is 2. The summed E-state index contributed by atoms with van der Waals surface area (Å²) in [5.41, 5.74) is 3.67. The molecule has 5 heteroatoms. The summed E-state index contributed by atoms with van der Waals surface area (Å²) in [4.78, 5) is 0. The second-order valence-corrected chi connectivity index (χ2v) is 3.90. The van der Waals surface area contributed by atoms with Crippen molar-refractivity contribution in [2.24, 2.45) is 5.84 Å². The van der Waals surface area contributed by atoms with Crippen molar-refractivity contribution < 1.29 is 14.2 Å². The van der Waals surface area contributed by atoms with E-state index in [1.165, 1.54) is 0 Å². The quantitative estimate of drug-likeness (QED) is 0.419. The molecule has 0 radical (unpaired) electrons. The molecule has 3 N–H and O–H groups in total. The molecule has 102 valence electrons. The molecule has 0 aliphatic carbocycles. The van der Waals surface area contributed by atoms with E-state index in [2.05, 4.69) is 12.3 Å². The number of hydrogen-bond acceptors (Lipinski definition) is 5. The maximum absolute atomic E-state index is 5.53. The van der Waals surface area contributed by atoms with E-state index in [1.54, 1.807) is 14.2 Å². The SMILES string of the molecule is CCCOc1ccc(C(NN)C(OC)OC)cc1. The number of nitrogens with two attached hydrogens (primary N) is 1. The van der Waals surface area contributed by atoms with E-state index < -0.39 is 6.29 Å². The fraction of sp³-hybridized carbons (Fsp3) is 0.538. The van der Waals surface area contributed by atoms with Crippen LogP contribution in [0.2, 0.25) is 0 Å². The van der Waals surface area contributed by atoms with E-state index in [4.69, 9.17) is 20.1 Å². The molecule has 1 rings (SSSR count). The Bertz CT molecular complexity index is 326. The fourth-order valence-electron chi connectivity index (χ4n) is 1.69. The van der Waals surface area contributed by atoms with Gasteiger partial charge in [0.15, 0.2) is 6.29 Å². The molecule has 0 saturated heterocycles. The van der Waals surface area contributed by atoms with Crippen molar-refractivity contribution in [2.45, 2.75) is 25.7 Å². The highest BCUT2D eigenvalue weighted by molar-refractivity contribution is 5.29. The van der Waals surface area contributed by atoms with Crippen molar-refractivity contribution in [3.63, 3.8) is 0 Å². The van der Waals surface area contributed by atoms with Gasteiger partial charge < -0.3 is 14.2 Å². The Kier molecular flexibility index (Phi) is 6.67. The van der Waals surface area contributed by atoms with Gasteiger partial charge in [-0.25, -0.2) is 5.43 Å². The predicted molar refractivity (Wildman–Crippen MR) is 70.1 cm³/mol. The molecule has 0 spiro atoms. The first kappa shape index (κ1) is 14.9. The largest absolute Gasteiger partial charge is 0.494 e. The highest BCUT2D eigenvalue weighted by Crippen LogP contribution is 2.21. The predicted octanol–water partition coefficient (Wildman–Crippen LogP) is 1.60. The van der Waals surface area contributed by atoms with Crippen molar-refractivity contribution in [3.05, 3.63) is 29.8 Å². The zero-order valence-electron chi connectivity index (χ0n) is 11.2. The Balaban J connectivity index is 2.74. The number of hydrazine groups is 1. The topological polar surface area (TPSA) is 65.7 Å². The van der Waals surface area contributed by atoms with Gasteiger partial charge in [0.2, 0.25) is 0 Å². The van der Waals surface area contributed by atoms with E-state index in [-0.39, 0.29) is 6.04 Å². The van der Waals surface area contributed by atoms with Gasteiger partial charge in [0.1, 0.15) is 5.75 Å². The zero-order chi connectivity index (χ0) is 13.4. The number of rotatable bonds is 8. The van der Waals surface area contributed by atoms with Crippen LogP contribution in [0.4, 0.5) is 0 Å². The van der Waals surface area contributed by atoms with E-state index in [9.17, 15) is 0 Å². The average molecular weight is 254 g/mol. The summed E-state index contributed by atoms with van der Waals surface area (Å²) in [5, 5.41) is 0. The minimum absolute atomic E-state index is 0.222. The lowest BCUT2D eigenvalue weighted by Crippen LogP contribution is -2.38. The first-order valence-corrected chi connectivity index (χ1v) is 6.01. The number of ether oxygens (including phenoxy) is 3. The first-order valence-electron chi connectivity index (χ1n) is 6.01. The Labute approximate surface area is 108 Å². The summed E-state index contributed by atoms with van der Waals surface area (Å²) in [7, 11) is 3.16. The van der Waals surface area contributed by atoms with Gasteiger partial charge in [-0.05, 0) is 24.1 Å². The lowest BCUT2D eigenvalue weighted by molar-refractivity contribution is -0.124. The molecule has 0 amide bonds. The summed E-state index contributed by atoms with van der Waals surface area (Å²) in [6.07, 6.45) is 0.557. The van der Waals surface area contributed by atoms with Gasteiger partial charge in [0, 0.05) is 14.2 Å². The molecule has 1 aromatic carbocycles. The molecule has 1 unspecified atom stereocenters. The smallest absolute Gasteiger partial charge is 0.177 e. The fourth-order valence-corrected chi connectivity index (χ4v) is 1.69. The summed E-state index contributed by atoms with van der Waals surface area (Å²) in [6.45, 7) is 2.79. The summed E-state index contributed by atoms with van der Waals surface area (Å²) >= 11 is 0. The molecule has 0 heterocycles. The van der Waals surface area contributed by atoms with Crippen molar-refractivity contribution in [3.8, 4) is 5.75 Å². The number of benzene rings is 1. The molecule has 0 saturated carbocycles. The van der Waals surface area contributed by atoms with E-state index >= 15 is 0 Å². The summed E-state index contributed by atoms with van der Waals surface area (Å²) in [5.74, 6) is 6.38. The van der Waals surface area contributed by atoms with Crippen LogP contribution in [0.1, 0.15) is 24.9 Å². The summed E-state index contributed by atoms with van der Waals surface area (Å²) in [6, 6.07) is 7.50. The van der Waals surface area contributed by atoms with E-state index in [0.29, 0.717) is 0 Å². The molecule has 1 aromatic rings. The monoisotopic (exact) mass is 254 g/mol. The van der Waals surface area contributed by atoms with E-state index in [1.807, 2.05) is 24.3 Å². The first-order chi connectivity index (χ1) is 8.76. The van der Waals surface area contributed by atoms with Crippen molar-refractivity contribution in [2.75, 3.05) is 20.8 Å². The molecule has 0 aliphatic rings. The van der Waals surface area contributed by atoms with Crippen LogP contribution < -0.4 is 16.0 Å². The molecule has 0 aliphatic heterocycles. The van der Waals surface area contributed by atoms with E-state index in [0.717, 1.165) is 24.3 Å². The van der Waals surface area contributed by atoms with Gasteiger partial charge in [-0.3, -0.25) is 5.84 Å². The van der Waals surface area contributed by atoms with Crippen LogP contribution in [0.25, 0.3) is 0 Å². The minimum Gasteiger partial charge on any atom is -0.494 e. The molecular formula is C13H22N2O3. The van der Waals surface area contributed by atoms with Crippen LogP contribution >= 0.6 is 0 Å². The van der Waals surface area contributed by atoms with Gasteiger partial charge in [0.25, 0.3) is 0 Å². The van der Waals surface area contributed by atoms with Crippen LogP contribution in [0.15, 0.2) is 24.3 Å². The van der Waals surface area contributed by atoms with Crippen LogP contribution in [0.5, 0.6) is 5.75 Å². The van der Waals surface area contributed by atoms with Crippen molar-refractivity contribution in [1.29, 1.82) is 0 Å². The van der Waals surface area contributed by atoms with Gasteiger partial charge >= 0.3 is 0 Å². The van der Waals surface area contributed by atoms with Crippen LogP contribution in [-0.2, 0) is 9.47 Å². The Hall–Kier alpha value is -1.14. The molecular weight excluding hydrogens is 232 g/mol. The van der Waals surface area contributed by atoms with Gasteiger partial charge in [-0.2, -0.15) is 0 Å². The summed E-state index contributed by atoms with van der Waals surface area (Å²) < 4.78 is 15.9. The molecule has 18 heavy (non-hydrogen) atoms. The molecule has 0 bridgehead atoms. The van der Waals surface area contributed by atoms with Gasteiger partial charge in [0.05, 0.1) is 12.6 Å². The lowest BCUT2D eigenvalue weighted by atomic mass is 10.1. The zero-order valence-corrected chi connectivity index (χ0v) is 11.2. The highest BCUT2D eigenvalue weighted by Gasteiger charge is 2.21. The second-order valence-electron chi connectivity index (χ2n) is 3.90. The maximum atomic E-state index is 5.53. The lowest BCUT2D eigenvalue weighted by Gasteiger charge is -2.24. The molecule has 1 atom stereocenters. The highest BCUT2D eigenvalue weighted by atomic mass is 16.7. The maximum Gasteiger partial charge on any atom is 0.177 e. The Morgan fingerprint density at radius 3 is 2.22 bits per heavy atom. The third-order valence-electron chi connectivity index (χ3n) is 2.63. The second kappa shape index (κ2) is 8.05. The van der Waals surface area contributed by atoms with Crippen LogP contribution in [0, 0.1) is 0 Å². The van der Waals surface area contributed by atoms with Crippen LogP contribution in [-0.4, -0.2) is 27.1 Å². The molecule has 0 aromatic heterocycles. The third kappa shape index (κ3) is 3.96. The number of nitrogens with one attached hydrogen (secondary N) is 1. The Morgan fingerprint density at radius 1 is 1.17 bits per heavy atom. The third-order valence-corrected chi connectivity index (χ3v) is 2.63. The average Bonchev–Trinajstić information content (AvgIpc) is 2.43.